The summed E-state index contributed by atoms with van der Waals surface area (Å²) in [5, 5.41) is -0.121. The maximum atomic E-state index is 13.5. The van der Waals surface area contributed by atoms with Gasteiger partial charge in [0.15, 0.2) is 18.2 Å². The smallest absolute Gasteiger partial charge is 0.278 e. The molecule has 1 saturated heterocycles. The molecule has 1 N–H and O–H groups in total. The number of benzene rings is 2. The van der Waals surface area contributed by atoms with Crippen LogP contribution in [-0.2, 0) is 11.3 Å². The summed E-state index contributed by atoms with van der Waals surface area (Å²) in [5.74, 6) is -1.22. The van der Waals surface area contributed by atoms with Crippen LogP contribution in [0.2, 0.25) is 0 Å². The number of amides is 1. The van der Waals surface area contributed by atoms with E-state index in [-0.39, 0.29) is 29.7 Å². The summed E-state index contributed by atoms with van der Waals surface area (Å²) in [7, 11) is 0. The van der Waals surface area contributed by atoms with Crippen molar-refractivity contribution in [1.82, 2.24) is 4.90 Å². The zero-order valence-corrected chi connectivity index (χ0v) is 16.7. The summed E-state index contributed by atoms with van der Waals surface area (Å²) in [6, 6.07) is 10.2. The van der Waals surface area contributed by atoms with E-state index in [2.05, 4.69) is 0 Å². The minimum atomic E-state index is -0.876. The number of hydrogen-bond acceptors (Lipinski definition) is 2. The Kier molecular flexibility index (Phi) is 6.67. The van der Waals surface area contributed by atoms with Gasteiger partial charge in [-0.1, -0.05) is 18.2 Å². The van der Waals surface area contributed by atoms with Gasteiger partial charge >= 0.3 is 0 Å². The fourth-order valence-electron chi connectivity index (χ4n) is 3.31. The second-order valence-electron chi connectivity index (χ2n) is 7.28. The van der Waals surface area contributed by atoms with Crippen LogP contribution in [0.15, 0.2) is 42.5 Å². The quantitative estimate of drug-likeness (QED) is 0.793. The Hall–Kier alpha value is -1.99. The first-order chi connectivity index (χ1) is 13.3. The highest BCUT2D eigenvalue weighted by Crippen LogP contribution is 2.37. The zero-order valence-electron chi connectivity index (χ0n) is 15.9. The number of nitrogens with zero attached hydrogens (tertiary/aromatic N) is 1. The lowest BCUT2D eigenvalue weighted by Gasteiger charge is -2.28. The van der Waals surface area contributed by atoms with Crippen LogP contribution < -0.4 is 4.90 Å². The van der Waals surface area contributed by atoms with Crippen molar-refractivity contribution in [3.63, 3.8) is 0 Å². The van der Waals surface area contributed by atoms with Crippen LogP contribution in [0.5, 0.6) is 0 Å². The summed E-state index contributed by atoms with van der Waals surface area (Å²) in [6.07, 6.45) is 0. The number of nitrogens with one attached hydrogen (secondary N) is 1. The molecule has 0 bridgehead atoms. The third-order valence-corrected chi connectivity index (χ3v) is 6.24. The monoisotopic (exact) mass is 409 g/mol. The van der Waals surface area contributed by atoms with E-state index < -0.39 is 11.6 Å². The van der Waals surface area contributed by atoms with Crippen LogP contribution in [0.4, 0.5) is 13.2 Å². The van der Waals surface area contributed by atoms with Crippen LogP contribution in [0.25, 0.3) is 0 Å². The number of halogens is 3. The first-order valence-corrected chi connectivity index (χ1v) is 10.3. The Labute approximate surface area is 167 Å². The van der Waals surface area contributed by atoms with E-state index in [1.54, 1.807) is 30.0 Å². The standard InChI is InChI=1S/C21H23F3N2OS/c1-14(2)25(12-15-3-8-18(23)19(24)11-15)13-20(27)26-9-10-28-21(26)16-4-6-17(22)7-5-16/h3-8,11,14,21H,9-10,12-13H2,1-2H3/p+1/t21-/m0/s1. The van der Waals surface area contributed by atoms with Gasteiger partial charge in [0, 0.05) is 17.9 Å². The number of carbonyl (C=O) groups excluding carboxylic acids is 1. The number of hydrogen-bond donors (Lipinski definition) is 1. The number of thioether (sulfide) groups is 1. The van der Waals surface area contributed by atoms with Gasteiger partial charge in [0.25, 0.3) is 5.91 Å². The minimum Gasteiger partial charge on any atom is -0.321 e. The topological polar surface area (TPSA) is 24.8 Å². The lowest BCUT2D eigenvalue weighted by atomic mass is 10.1. The lowest BCUT2D eigenvalue weighted by molar-refractivity contribution is -0.927. The van der Waals surface area contributed by atoms with Gasteiger partial charge in [0.1, 0.15) is 17.7 Å². The fourth-order valence-corrected chi connectivity index (χ4v) is 4.59. The highest BCUT2D eigenvalue weighted by Gasteiger charge is 2.33. The summed E-state index contributed by atoms with van der Waals surface area (Å²) in [5.41, 5.74) is 1.56. The minimum absolute atomic E-state index is 0.00519. The zero-order chi connectivity index (χ0) is 20.3. The molecular weight excluding hydrogens is 385 g/mol. The molecule has 0 spiro atoms. The second-order valence-corrected chi connectivity index (χ2v) is 8.46. The molecule has 1 heterocycles. The van der Waals surface area contributed by atoms with Gasteiger partial charge in [-0.05, 0) is 43.7 Å². The SMILES string of the molecule is CC(C)[NH+](CC(=O)N1CCS[C@H]1c1ccc(F)cc1)Cc1ccc(F)c(F)c1. The van der Waals surface area contributed by atoms with Crippen LogP contribution >= 0.6 is 11.8 Å². The Morgan fingerprint density at radius 1 is 1.14 bits per heavy atom. The Balaban J connectivity index is 1.70. The molecule has 3 rings (SSSR count). The van der Waals surface area contributed by atoms with Crippen molar-refractivity contribution in [1.29, 1.82) is 0 Å². The first kappa shape index (κ1) is 20.7. The van der Waals surface area contributed by atoms with E-state index in [1.165, 1.54) is 18.2 Å². The van der Waals surface area contributed by atoms with Crippen molar-refractivity contribution in [3.8, 4) is 0 Å². The predicted molar refractivity (Wildman–Crippen MR) is 104 cm³/mol. The molecule has 28 heavy (non-hydrogen) atoms. The van der Waals surface area contributed by atoms with E-state index in [1.807, 2.05) is 18.7 Å². The number of rotatable bonds is 6. The molecule has 7 heteroatoms. The number of carbonyl (C=O) groups is 1. The van der Waals surface area contributed by atoms with Gasteiger partial charge in [-0.25, -0.2) is 13.2 Å². The highest BCUT2D eigenvalue weighted by molar-refractivity contribution is 7.99. The average Bonchev–Trinajstić information content (AvgIpc) is 3.14. The van der Waals surface area contributed by atoms with Crippen LogP contribution in [0.3, 0.4) is 0 Å². The van der Waals surface area contributed by atoms with Crippen molar-refractivity contribution in [2.75, 3.05) is 18.8 Å². The van der Waals surface area contributed by atoms with Crippen LogP contribution in [-0.4, -0.2) is 35.7 Å². The molecule has 2 atom stereocenters. The normalized spacial score (nSPS) is 17.9. The maximum absolute atomic E-state index is 13.5. The largest absolute Gasteiger partial charge is 0.321 e. The molecule has 150 valence electrons. The van der Waals surface area contributed by atoms with Gasteiger partial charge in [-0.3, -0.25) is 4.79 Å². The molecule has 3 nitrogen and oxygen atoms in total. The molecular formula is C21H24F3N2OS+. The van der Waals surface area contributed by atoms with Gasteiger partial charge in [-0.2, -0.15) is 0 Å². The molecule has 1 fully saturated rings. The van der Waals surface area contributed by atoms with E-state index in [4.69, 9.17) is 0 Å². The molecule has 1 unspecified atom stereocenters. The summed E-state index contributed by atoms with van der Waals surface area (Å²) in [6.45, 7) is 5.33. The molecule has 1 aliphatic rings. The Morgan fingerprint density at radius 3 is 2.50 bits per heavy atom. The predicted octanol–water partition coefficient (Wildman–Crippen LogP) is 3.17. The summed E-state index contributed by atoms with van der Waals surface area (Å²) < 4.78 is 39.9. The van der Waals surface area contributed by atoms with E-state index in [9.17, 15) is 18.0 Å². The Bertz CT molecular complexity index is 829. The summed E-state index contributed by atoms with van der Waals surface area (Å²) in [4.78, 5) is 15.8. The third kappa shape index (κ3) is 4.89. The van der Waals surface area contributed by atoms with E-state index in [0.717, 1.165) is 22.3 Å². The molecule has 0 aromatic heterocycles. The molecule has 0 aliphatic carbocycles. The van der Waals surface area contributed by atoms with Crippen molar-refractivity contribution in [3.05, 3.63) is 71.0 Å². The lowest BCUT2D eigenvalue weighted by Crippen LogP contribution is -3.14. The average molecular weight is 409 g/mol. The Morgan fingerprint density at radius 2 is 1.86 bits per heavy atom. The summed E-state index contributed by atoms with van der Waals surface area (Å²) >= 11 is 1.66. The van der Waals surface area contributed by atoms with Crippen molar-refractivity contribution in [2.45, 2.75) is 31.8 Å². The van der Waals surface area contributed by atoms with Gasteiger partial charge in [0.05, 0.1) is 6.04 Å². The van der Waals surface area contributed by atoms with E-state index >= 15 is 0 Å². The fraction of sp³-hybridized carbons (Fsp3) is 0.381. The van der Waals surface area contributed by atoms with Gasteiger partial charge in [0.2, 0.25) is 0 Å². The molecule has 2 aromatic carbocycles. The van der Waals surface area contributed by atoms with Crippen molar-refractivity contribution >= 4 is 17.7 Å². The molecule has 1 aliphatic heterocycles. The van der Waals surface area contributed by atoms with Gasteiger partial charge in [-0.15, -0.1) is 11.8 Å². The van der Waals surface area contributed by atoms with Gasteiger partial charge < -0.3 is 9.80 Å². The van der Waals surface area contributed by atoms with Crippen LogP contribution in [0.1, 0.15) is 30.3 Å². The third-order valence-electron chi connectivity index (χ3n) is 4.98. The molecule has 1 amide bonds. The molecule has 2 aromatic rings. The first-order valence-electron chi connectivity index (χ1n) is 9.30. The van der Waals surface area contributed by atoms with Crippen molar-refractivity contribution < 1.29 is 22.9 Å². The van der Waals surface area contributed by atoms with Crippen molar-refractivity contribution in [2.24, 2.45) is 0 Å². The maximum Gasteiger partial charge on any atom is 0.278 e. The molecule has 0 radical (unpaired) electrons. The van der Waals surface area contributed by atoms with E-state index in [0.29, 0.717) is 18.7 Å². The molecule has 0 saturated carbocycles. The number of quaternary nitrogens is 1. The highest BCUT2D eigenvalue weighted by atomic mass is 32.2. The second kappa shape index (κ2) is 9.01. The van der Waals surface area contributed by atoms with Crippen LogP contribution in [0, 0.1) is 17.5 Å².